The predicted molar refractivity (Wildman–Crippen MR) is 91.8 cm³/mol. The maximum absolute atomic E-state index is 12.7. The molecule has 1 atom stereocenters. The van der Waals surface area contributed by atoms with E-state index in [9.17, 15) is 14.4 Å². The summed E-state index contributed by atoms with van der Waals surface area (Å²) in [5.41, 5.74) is 0.979. The molecule has 0 saturated carbocycles. The zero-order valence-corrected chi connectivity index (χ0v) is 13.8. The molecular formula is C20H18O5. The summed E-state index contributed by atoms with van der Waals surface area (Å²) >= 11 is 0. The Hall–Kier alpha value is -3.21. The maximum Gasteiger partial charge on any atom is 0.332 e. The second kappa shape index (κ2) is 9.17. The zero-order valence-electron chi connectivity index (χ0n) is 13.8. The maximum atomic E-state index is 12.7. The van der Waals surface area contributed by atoms with Gasteiger partial charge >= 0.3 is 11.9 Å². The third kappa shape index (κ3) is 5.42. The molecular weight excluding hydrogens is 320 g/mol. The SMILES string of the molecule is CCOC(=O)/C=C/C(=O)O[C@H](C(=O)c1ccccc1)c1ccccc1. The number of ketones is 1. The molecule has 0 aliphatic heterocycles. The molecule has 0 aromatic heterocycles. The van der Waals surface area contributed by atoms with Gasteiger partial charge in [0.05, 0.1) is 6.61 Å². The monoisotopic (exact) mass is 338 g/mol. The summed E-state index contributed by atoms with van der Waals surface area (Å²) in [4.78, 5) is 36.0. The fourth-order valence-corrected chi connectivity index (χ4v) is 2.14. The molecule has 25 heavy (non-hydrogen) atoms. The summed E-state index contributed by atoms with van der Waals surface area (Å²) < 4.78 is 10.00. The Bertz CT molecular complexity index is 750. The van der Waals surface area contributed by atoms with E-state index in [0.29, 0.717) is 11.1 Å². The lowest BCUT2D eigenvalue weighted by Gasteiger charge is -2.16. The van der Waals surface area contributed by atoms with Crippen molar-refractivity contribution in [1.29, 1.82) is 0 Å². The second-order valence-corrected chi connectivity index (χ2v) is 5.04. The zero-order chi connectivity index (χ0) is 18.1. The lowest BCUT2D eigenvalue weighted by molar-refractivity contribution is -0.142. The molecule has 0 N–H and O–H groups in total. The van der Waals surface area contributed by atoms with Crippen LogP contribution in [-0.4, -0.2) is 24.3 Å². The molecule has 2 aromatic rings. The third-order valence-electron chi connectivity index (χ3n) is 3.27. The second-order valence-electron chi connectivity index (χ2n) is 5.04. The summed E-state index contributed by atoms with van der Waals surface area (Å²) in [6, 6.07) is 17.3. The summed E-state index contributed by atoms with van der Waals surface area (Å²) in [7, 11) is 0. The average Bonchev–Trinajstić information content (AvgIpc) is 2.65. The van der Waals surface area contributed by atoms with Crippen LogP contribution in [-0.2, 0) is 19.1 Å². The van der Waals surface area contributed by atoms with Crippen LogP contribution in [0.2, 0.25) is 0 Å². The quantitative estimate of drug-likeness (QED) is 0.440. The Balaban J connectivity index is 2.20. The lowest BCUT2D eigenvalue weighted by atomic mass is 10.00. The number of benzene rings is 2. The van der Waals surface area contributed by atoms with E-state index in [1.807, 2.05) is 0 Å². The highest BCUT2D eigenvalue weighted by molar-refractivity contribution is 6.01. The molecule has 2 aromatic carbocycles. The third-order valence-corrected chi connectivity index (χ3v) is 3.27. The Morgan fingerprint density at radius 1 is 0.880 bits per heavy atom. The minimum absolute atomic E-state index is 0.206. The molecule has 5 nitrogen and oxygen atoms in total. The van der Waals surface area contributed by atoms with E-state index in [2.05, 4.69) is 0 Å². The van der Waals surface area contributed by atoms with Gasteiger partial charge in [-0.1, -0.05) is 60.7 Å². The number of esters is 2. The van der Waals surface area contributed by atoms with Gasteiger partial charge in [-0.3, -0.25) is 4.79 Å². The normalized spacial score (nSPS) is 11.7. The molecule has 0 radical (unpaired) electrons. The van der Waals surface area contributed by atoms with E-state index in [1.54, 1.807) is 67.6 Å². The molecule has 0 bridgehead atoms. The molecule has 0 aliphatic rings. The molecule has 5 heteroatoms. The molecule has 2 rings (SSSR count). The first-order valence-corrected chi connectivity index (χ1v) is 7.81. The van der Waals surface area contributed by atoms with Crippen molar-refractivity contribution >= 4 is 17.7 Å². The van der Waals surface area contributed by atoms with E-state index < -0.39 is 18.0 Å². The van der Waals surface area contributed by atoms with E-state index >= 15 is 0 Å². The van der Waals surface area contributed by atoms with Gasteiger partial charge in [0, 0.05) is 23.3 Å². The van der Waals surface area contributed by atoms with Crippen LogP contribution in [0.15, 0.2) is 72.8 Å². The van der Waals surface area contributed by atoms with E-state index in [0.717, 1.165) is 12.2 Å². The Morgan fingerprint density at radius 3 is 2.04 bits per heavy atom. The van der Waals surface area contributed by atoms with Gasteiger partial charge in [0.15, 0.2) is 6.10 Å². The predicted octanol–water partition coefficient (Wildman–Crippen LogP) is 3.27. The van der Waals surface area contributed by atoms with Crippen LogP contribution in [0.4, 0.5) is 0 Å². The van der Waals surface area contributed by atoms with Crippen LogP contribution in [0.3, 0.4) is 0 Å². The van der Waals surface area contributed by atoms with Gasteiger partial charge in [0.2, 0.25) is 5.78 Å². The first-order valence-electron chi connectivity index (χ1n) is 7.81. The Labute approximate surface area is 145 Å². The van der Waals surface area contributed by atoms with Gasteiger partial charge in [-0.15, -0.1) is 0 Å². The van der Waals surface area contributed by atoms with Gasteiger partial charge in [-0.2, -0.15) is 0 Å². The summed E-state index contributed by atoms with van der Waals surface area (Å²) in [6.45, 7) is 1.87. The fraction of sp³-hybridized carbons (Fsp3) is 0.150. The van der Waals surface area contributed by atoms with Gasteiger partial charge in [0.25, 0.3) is 0 Å². The fourth-order valence-electron chi connectivity index (χ4n) is 2.14. The van der Waals surface area contributed by atoms with Crippen molar-refractivity contribution in [3.63, 3.8) is 0 Å². The standard InChI is InChI=1S/C20H18O5/c1-2-24-17(21)13-14-18(22)25-20(16-11-7-4-8-12-16)19(23)15-9-5-3-6-10-15/h3-14,20H,2H2,1H3/b14-13+/t20-/m0/s1. The van der Waals surface area contributed by atoms with Gasteiger partial charge in [-0.05, 0) is 6.92 Å². The van der Waals surface area contributed by atoms with E-state index in [1.165, 1.54) is 0 Å². The van der Waals surface area contributed by atoms with Gasteiger partial charge in [0.1, 0.15) is 0 Å². The van der Waals surface area contributed by atoms with Crippen molar-refractivity contribution in [2.75, 3.05) is 6.61 Å². The van der Waals surface area contributed by atoms with E-state index in [-0.39, 0.29) is 12.4 Å². The van der Waals surface area contributed by atoms with Crippen LogP contribution < -0.4 is 0 Å². The lowest BCUT2D eigenvalue weighted by Crippen LogP contribution is -2.19. The van der Waals surface area contributed by atoms with Crippen molar-refractivity contribution in [1.82, 2.24) is 0 Å². The largest absolute Gasteiger partial charge is 0.463 e. The van der Waals surface area contributed by atoms with Gasteiger partial charge < -0.3 is 9.47 Å². The molecule has 128 valence electrons. The summed E-state index contributed by atoms with van der Waals surface area (Å²) in [5, 5.41) is 0. The number of carbonyl (C=O) groups is 3. The molecule has 0 unspecified atom stereocenters. The molecule has 0 amide bonds. The topological polar surface area (TPSA) is 69.7 Å². The highest BCUT2D eigenvalue weighted by atomic mass is 16.5. The van der Waals surface area contributed by atoms with Crippen LogP contribution >= 0.6 is 0 Å². The van der Waals surface area contributed by atoms with Crippen LogP contribution in [0.5, 0.6) is 0 Å². The molecule has 0 heterocycles. The molecule has 0 fully saturated rings. The molecule has 0 aliphatic carbocycles. The summed E-state index contributed by atoms with van der Waals surface area (Å²) in [5.74, 6) is -1.79. The number of rotatable bonds is 7. The van der Waals surface area contributed by atoms with Crippen molar-refractivity contribution in [2.24, 2.45) is 0 Å². The first-order chi connectivity index (χ1) is 12.1. The number of Topliss-reactive ketones (excluding diaryl/α,β-unsaturated/α-hetero) is 1. The Kier molecular flexibility index (Phi) is 6.65. The number of hydrogen-bond donors (Lipinski definition) is 0. The van der Waals surface area contributed by atoms with Crippen LogP contribution in [0.25, 0.3) is 0 Å². The molecule has 0 spiro atoms. The Morgan fingerprint density at radius 2 is 1.44 bits per heavy atom. The minimum Gasteiger partial charge on any atom is -0.463 e. The molecule has 0 saturated heterocycles. The highest BCUT2D eigenvalue weighted by Crippen LogP contribution is 2.22. The van der Waals surface area contributed by atoms with Crippen LogP contribution in [0, 0.1) is 0 Å². The van der Waals surface area contributed by atoms with Crippen molar-refractivity contribution in [2.45, 2.75) is 13.0 Å². The smallest absolute Gasteiger partial charge is 0.332 e. The first kappa shape index (κ1) is 18.1. The minimum atomic E-state index is -1.09. The van der Waals surface area contributed by atoms with Crippen molar-refractivity contribution < 1.29 is 23.9 Å². The number of hydrogen-bond acceptors (Lipinski definition) is 5. The number of ether oxygens (including phenoxy) is 2. The van der Waals surface area contributed by atoms with Crippen molar-refractivity contribution in [3.8, 4) is 0 Å². The summed E-state index contributed by atoms with van der Waals surface area (Å²) in [6.07, 6.45) is 0.829. The van der Waals surface area contributed by atoms with E-state index in [4.69, 9.17) is 9.47 Å². The van der Waals surface area contributed by atoms with Crippen LogP contribution in [0.1, 0.15) is 28.9 Å². The number of carbonyl (C=O) groups excluding carboxylic acids is 3. The van der Waals surface area contributed by atoms with Crippen molar-refractivity contribution in [3.05, 3.63) is 83.9 Å². The highest BCUT2D eigenvalue weighted by Gasteiger charge is 2.25. The van der Waals surface area contributed by atoms with Gasteiger partial charge in [-0.25, -0.2) is 9.59 Å². The average molecular weight is 338 g/mol.